The van der Waals surface area contributed by atoms with Crippen LogP contribution >= 0.6 is 11.3 Å². The van der Waals surface area contributed by atoms with E-state index in [1.54, 1.807) is 11.3 Å². The first kappa shape index (κ1) is 8.86. The van der Waals surface area contributed by atoms with E-state index in [1.807, 2.05) is 12.3 Å². The third kappa shape index (κ3) is 1.09. The first-order valence-corrected chi connectivity index (χ1v) is 6.21. The van der Waals surface area contributed by atoms with Crippen LogP contribution in [0.15, 0.2) is 5.38 Å². The number of fused-ring (bicyclic) bond motifs is 2. The monoisotopic (exact) mass is 209 g/mol. The van der Waals surface area contributed by atoms with Gasteiger partial charge in [0.15, 0.2) is 0 Å². The average Bonchev–Trinajstić information content (AvgIpc) is 2.78. The van der Waals surface area contributed by atoms with Crippen molar-refractivity contribution < 1.29 is 5.11 Å². The number of thiazole rings is 1. The number of aromatic nitrogens is 1. The Kier molecular flexibility index (Phi) is 1.77. The van der Waals surface area contributed by atoms with Crippen LogP contribution in [0.3, 0.4) is 0 Å². The summed E-state index contributed by atoms with van der Waals surface area (Å²) in [6.07, 6.45) is 4.67. The molecule has 3 heteroatoms. The number of nitrogens with zero attached hydrogens (tertiary/aromatic N) is 1. The Balaban J connectivity index is 1.97. The van der Waals surface area contributed by atoms with Gasteiger partial charge >= 0.3 is 0 Å². The molecule has 0 radical (unpaired) electrons. The maximum absolute atomic E-state index is 10.6. The summed E-state index contributed by atoms with van der Waals surface area (Å²) in [5, 5.41) is 13.7. The molecule has 2 bridgehead atoms. The molecule has 2 fully saturated rings. The number of hydrogen-bond donors (Lipinski definition) is 1. The summed E-state index contributed by atoms with van der Waals surface area (Å²) in [5.74, 6) is 1.24. The maximum atomic E-state index is 10.6. The molecule has 2 saturated carbocycles. The highest BCUT2D eigenvalue weighted by molar-refractivity contribution is 7.09. The van der Waals surface area contributed by atoms with Gasteiger partial charge in [-0.3, -0.25) is 0 Å². The van der Waals surface area contributed by atoms with Crippen LogP contribution in [0.4, 0.5) is 0 Å². The van der Waals surface area contributed by atoms with Crippen molar-refractivity contribution in [3.63, 3.8) is 0 Å². The van der Waals surface area contributed by atoms with Crippen LogP contribution in [-0.2, 0) is 5.60 Å². The normalized spacial score (nSPS) is 40.7. The molecule has 76 valence electrons. The van der Waals surface area contributed by atoms with E-state index in [4.69, 9.17) is 0 Å². The lowest BCUT2D eigenvalue weighted by Gasteiger charge is -2.30. The van der Waals surface area contributed by atoms with Crippen molar-refractivity contribution in [3.8, 4) is 0 Å². The molecule has 0 amide bonds. The Hall–Kier alpha value is -0.410. The van der Waals surface area contributed by atoms with Gasteiger partial charge in [0.25, 0.3) is 0 Å². The predicted molar refractivity (Wildman–Crippen MR) is 56.2 cm³/mol. The molecule has 0 aliphatic heterocycles. The second-order valence-electron chi connectivity index (χ2n) is 4.76. The zero-order valence-corrected chi connectivity index (χ0v) is 9.18. The van der Waals surface area contributed by atoms with Crippen molar-refractivity contribution in [1.82, 2.24) is 4.98 Å². The highest BCUT2D eigenvalue weighted by Crippen LogP contribution is 2.55. The lowest BCUT2D eigenvalue weighted by atomic mass is 9.82. The molecule has 1 aromatic rings. The van der Waals surface area contributed by atoms with Gasteiger partial charge in [0.2, 0.25) is 0 Å². The second kappa shape index (κ2) is 2.80. The van der Waals surface area contributed by atoms with E-state index in [0.29, 0.717) is 5.92 Å². The van der Waals surface area contributed by atoms with Gasteiger partial charge in [-0.15, -0.1) is 11.3 Å². The molecule has 2 aliphatic carbocycles. The Morgan fingerprint density at radius 2 is 2.43 bits per heavy atom. The van der Waals surface area contributed by atoms with Crippen molar-refractivity contribution in [1.29, 1.82) is 0 Å². The van der Waals surface area contributed by atoms with E-state index < -0.39 is 5.60 Å². The van der Waals surface area contributed by atoms with Crippen molar-refractivity contribution >= 4 is 11.3 Å². The first-order valence-electron chi connectivity index (χ1n) is 5.33. The van der Waals surface area contributed by atoms with Gasteiger partial charge in [-0.25, -0.2) is 4.98 Å². The standard InChI is InChI=1S/C11H15NOS/c1-7-12-10(6-14-7)11(13)5-8-2-3-9(11)4-8/h6,8-9,13H,2-5H2,1H3. The molecule has 0 spiro atoms. The van der Waals surface area contributed by atoms with Gasteiger partial charge in [0.1, 0.15) is 5.60 Å². The fraction of sp³-hybridized carbons (Fsp3) is 0.727. The molecule has 2 aliphatic rings. The highest BCUT2D eigenvalue weighted by atomic mass is 32.1. The fourth-order valence-corrected chi connectivity index (χ4v) is 3.87. The molecule has 1 N–H and O–H groups in total. The molecule has 3 rings (SSSR count). The minimum Gasteiger partial charge on any atom is -0.383 e. The molecular formula is C11H15NOS. The fourth-order valence-electron chi connectivity index (χ4n) is 3.18. The van der Waals surface area contributed by atoms with E-state index in [9.17, 15) is 5.11 Å². The van der Waals surface area contributed by atoms with Crippen LogP contribution in [0.1, 0.15) is 36.4 Å². The van der Waals surface area contributed by atoms with Crippen LogP contribution in [-0.4, -0.2) is 10.1 Å². The Morgan fingerprint density at radius 1 is 1.57 bits per heavy atom. The minimum absolute atomic E-state index is 0.481. The lowest BCUT2D eigenvalue weighted by molar-refractivity contribution is -0.0217. The number of hydrogen-bond acceptors (Lipinski definition) is 3. The van der Waals surface area contributed by atoms with Crippen LogP contribution in [0, 0.1) is 18.8 Å². The average molecular weight is 209 g/mol. The quantitative estimate of drug-likeness (QED) is 0.770. The van der Waals surface area contributed by atoms with Crippen molar-refractivity contribution in [3.05, 3.63) is 16.1 Å². The van der Waals surface area contributed by atoms with Crippen LogP contribution < -0.4 is 0 Å². The summed E-state index contributed by atoms with van der Waals surface area (Å²) >= 11 is 1.65. The van der Waals surface area contributed by atoms with Crippen molar-refractivity contribution in [2.45, 2.75) is 38.2 Å². The van der Waals surface area contributed by atoms with E-state index in [0.717, 1.165) is 23.0 Å². The van der Waals surface area contributed by atoms with Crippen LogP contribution in [0.2, 0.25) is 0 Å². The van der Waals surface area contributed by atoms with Crippen LogP contribution in [0.25, 0.3) is 0 Å². The minimum atomic E-state index is -0.576. The largest absolute Gasteiger partial charge is 0.383 e. The Bertz CT molecular complexity index is 362. The Labute approximate surface area is 88.0 Å². The molecular weight excluding hydrogens is 194 g/mol. The zero-order valence-electron chi connectivity index (χ0n) is 8.36. The number of aryl methyl sites for hydroxylation is 1. The maximum Gasteiger partial charge on any atom is 0.110 e. The molecule has 14 heavy (non-hydrogen) atoms. The second-order valence-corrected chi connectivity index (χ2v) is 5.82. The summed E-state index contributed by atoms with van der Waals surface area (Å²) in [7, 11) is 0. The lowest BCUT2D eigenvalue weighted by Crippen LogP contribution is -2.32. The van der Waals surface area contributed by atoms with Gasteiger partial charge < -0.3 is 5.11 Å². The van der Waals surface area contributed by atoms with Gasteiger partial charge in [-0.1, -0.05) is 0 Å². The van der Waals surface area contributed by atoms with Crippen molar-refractivity contribution in [2.24, 2.45) is 11.8 Å². The Morgan fingerprint density at radius 3 is 2.93 bits per heavy atom. The predicted octanol–water partition coefficient (Wildman–Crippen LogP) is 2.46. The molecule has 0 saturated heterocycles. The van der Waals surface area contributed by atoms with Gasteiger partial charge in [0, 0.05) is 5.38 Å². The highest BCUT2D eigenvalue weighted by Gasteiger charge is 2.51. The zero-order chi connectivity index (χ0) is 9.76. The molecule has 0 aromatic carbocycles. The molecule has 3 unspecified atom stereocenters. The summed E-state index contributed by atoms with van der Waals surface area (Å²) < 4.78 is 0. The smallest absolute Gasteiger partial charge is 0.110 e. The molecule has 3 atom stereocenters. The van der Waals surface area contributed by atoms with Crippen molar-refractivity contribution in [2.75, 3.05) is 0 Å². The summed E-state index contributed by atoms with van der Waals surface area (Å²) in [5.41, 5.74) is 0.362. The number of aliphatic hydroxyl groups is 1. The van der Waals surface area contributed by atoms with E-state index >= 15 is 0 Å². The van der Waals surface area contributed by atoms with Gasteiger partial charge in [-0.05, 0) is 44.4 Å². The van der Waals surface area contributed by atoms with E-state index in [1.165, 1.54) is 19.3 Å². The van der Waals surface area contributed by atoms with Gasteiger partial charge in [0.05, 0.1) is 10.7 Å². The summed E-state index contributed by atoms with van der Waals surface area (Å²) in [6, 6.07) is 0. The molecule has 2 nitrogen and oxygen atoms in total. The molecule has 1 aromatic heterocycles. The first-order chi connectivity index (χ1) is 6.68. The van der Waals surface area contributed by atoms with E-state index in [2.05, 4.69) is 4.98 Å². The number of rotatable bonds is 1. The van der Waals surface area contributed by atoms with Gasteiger partial charge in [-0.2, -0.15) is 0 Å². The summed E-state index contributed by atoms with van der Waals surface area (Å²) in [4.78, 5) is 4.45. The van der Waals surface area contributed by atoms with Crippen LogP contribution in [0.5, 0.6) is 0 Å². The third-order valence-electron chi connectivity index (χ3n) is 3.88. The topological polar surface area (TPSA) is 33.1 Å². The summed E-state index contributed by atoms with van der Waals surface area (Å²) in [6.45, 7) is 2.00. The third-order valence-corrected chi connectivity index (χ3v) is 4.65. The molecule has 1 heterocycles. The van der Waals surface area contributed by atoms with E-state index in [-0.39, 0.29) is 0 Å². The SMILES string of the molecule is Cc1nc(C2(O)CC3CCC2C3)cs1.